The minimum Gasteiger partial charge on any atom is -0.457 e. The Labute approximate surface area is 258 Å². The van der Waals surface area contributed by atoms with Crippen LogP contribution in [0.1, 0.15) is 41.9 Å². The third kappa shape index (κ3) is 5.64. The summed E-state index contributed by atoms with van der Waals surface area (Å²) in [7, 11) is 0. The molecule has 6 rings (SSSR count). The van der Waals surface area contributed by atoms with Gasteiger partial charge in [-0.1, -0.05) is 32.0 Å². The number of hydrogen-bond acceptors (Lipinski definition) is 6. The fourth-order valence-electron chi connectivity index (χ4n) is 5.56. The first-order valence-corrected chi connectivity index (χ1v) is 15.6. The molecule has 2 N–H and O–H groups in total. The van der Waals surface area contributed by atoms with Gasteiger partial charge in [0.1, 0.15) is 26.6 Å². The van der Waals surface area contributed by atoms with Gasteiger partial charge in [-0.2, -0.15) is 0 Å². The number of nitrogens with zero attached hydrogens (tertiary/aromatic N) is 3. The summed E-state index contributed by atoms with van der Waals surface area (Å²) in [5.41, 5.74) is 2.64. The molecule has 0 radical (unpaired) electrons. The molecule has 2 aliphatic rings. The van der Waals surface area contributed by atoms with Crippen molar-refractivity contribution in [3.05, 3.63) is 71.2 Å². The number of para-hydroxylation sites is 1. The molecule has 4 heterocycles. The number of carbonyl (C=O) groups is 3. The second-order valence-electron chi connectivity index (χ2n) is 11.2. The molecule has 0 spiro atoms. The Morgan fingerprint density at radius 2 is 1.91 bits per heavy atom. The predicted molar refractivity (Wildman–Crippen MR) is 170 cm³/mol. The van der Waals surface area contributed by atoms with Crippen LogP contribution in [-0.4, -0.2) is 52.2 Å². The third-order valence-electron chi connectivity index (χ3n) is 7.73. The number of aromatic nitrogens is 1. The zero-order valence-electron chi connectivity index (χ0n) is 24.1. The molecule has 9 nitrogen and oxygen atoms in total. The molecule has 11 heteroatoms. The first-order chi connectivity index (χ1) is 20.7. The maximum absolute atomic E-state index is 13.6. The summed E-state index contributed by atoms with van der Waals surface area (Å²) in [5.74, 6) is 0.991. The molecular weight excluding hydrogens is 586 g/mol. The highest BCUT2D eigenvalue weighted by Gasteiger charge is 2.35. The van der Waals surface area contributed by atoms with Gasteiger partial charge < -0.3 is 20.3 Å². The predicted octanol–water partition coefficient (Wildman–Crippen LogP) is 7.06. The maximum atomic E-state index is 13.6. The van der Waals surface area contributed by atoms with Crippen LogP contribution in [0.4, 0.5) is 21.9 Å². The number of amides is 4. The number of nitrogens with one attached hydrogen (secondary N) is 2. The number of alkyl halides is 1. The minimum atomic E-state index is -0.597. The zero-order valence-corrected chi connectivity index (χ0v) is 25.7. The van der Waals surface area contributed by atoms with Gasteiger partial charge in [0.05, 0.1) is 22.4 Å². The lowest BCUT2D eigenvalue weighted by atomic mass is 10.0. The van der Waals surface area contributed by atoms with Crippen molar-refractivity contribution in [2.45, 2.75) is 45.0 Å². The molecule has 2 aliphatic heterocycles. The van der Waals surface area contributed by atoms with E-state index in [0.29, 0.717) is 51.0 Å². The lowest BCUT2D eigenvalue weighted by Crippen LogP contribution is -2.51. The molecule has 0 saturated carbocycles. The van der Waals surface area contributed by atoms with Crippen LogP contribution in [-0.2, 0) is 4.79 Å². The lowest BCUT2D eigenvalue weighted by Gasteiger charge is -2.35. The number of halogens is 1. The van der Waals surface area contributed by atoms with E-state index in [9.17, 15) is 14.4 Å². The van der Waals surface area contributed by atoms with Gasteiger partial charge in [0, 0.05) is 25.3 Å². The number of likely N-dealkylation sites (tertiary alicyclic amines) is 1. The van der Waals surface area contributed by atoms with Crippen LogP contribution in [0.25, 0.3) is 10.2 Å². The van der Waals surface area contributed by atoms with Gasteiger partial charge in [0.25, 0.3) is 5.91 Å². The average molecular weight is 618 g/mol. The summed E-state index contributed by atoms with van der Waals surface area (Å²) < 4.78 is 5.98. The molecule has 222 valence electrons. The Hall–Kier alpha value is -4.15. The second-order valence-corrected chi connectivity index (χ2v) is 12.7. The fourth-order valence-corrected chi connectivity index (χ4v) is 6.72. The number of thiophene rings is 1. The molecule has 1 fully saturated rings. The van der Waals surface area contributed by atoms with Gasteiger partial charge in [-0.25, -0.2) is 9.78 Å². The van der Waals surface area contributed by atoms with E-state index in [1.807, 2.05) is 69.3 Å². The standard InChI is InChI=1S/C32H32ClN5O4S/c1-18(2)26(33)31(40)37-15-7-8-20(17-37)35-29(39)28-27-25-24(13-14-34-30(25)43-28)38(32(41)36-27)23-12-11-22(16-19(23)3)42-21-9-5-4-6-10-21/h4-6,9-14,16,18,20,26H,7-8,15,17H2,1-3H3,(H,35,39)(H,36,41)/t20-,26?/m1/s1. The first-order valence-electron chi connectivity index (χ1n) is 14.3. The highest BCUT2D eigenvalue weighted by atomic mass is 35.5. The molecule has 2 atom stereocenters. The van der Waals surface area contributed by atoms with E-state index >= 15 is 0 Å². The van der Waals surface area contributed by atoms with Gasteiger partial charge >= 0.3 is 6.03 Å². The number of aryl methyl sites for hydroxylation is 1. The topological polar surface area (TPSA) is 104 Å². The van der Waals surface area contributed by atoms with Crippen molar-refractivity contribution in [2.75, 3.05) is 23.3 Å². The van der Waals surface area contributed by atoms with Crippen LogP contribution in [0.15, 0.2) is 60.8 Å². The SMILES string of the molecule is Cc1cc(Oc2ccccc2)ccc1N1C(=O)Nc2c(C(=O)N[C@@H]3CCCN(C(=O)C(Cl)C(C)C)C3)sc3nccc1c23. The lowest BCUT2D eigenvalue weighted by molar-refractivity contribution is -0.132. The molecule has 2 aromatic carbocycles. The molecule has 0 aliphatic carbocycles. The molecule has 43 heavy (non-hydrogen) atoms. The van der Waals surface area contributed by atoms with E-state index in [2.05, 4.69) is 15.6 Å². The highest BCUT2D eigenvalue weighted by Crippen LogP contribution is 2.46. The van der Waals surface area contributed by atoms with E-state index in [1.54, 1.807) is 22.1 Å². The monoisotopic (exact) mass is 617 g/mol. The Balaban J connectivity index is 1.25. The Morgan fingerprint density at radius 3 is 2.65 bits per heavy atom. The van der Waals surface area contributed by atoms with Crippen molar-refractivity contribution < 1.29 is 19.1 Å². The van der Waals surface area contributed by atoms with E-state index in [4.69, 9.17) is 16.3 Å². The number of rotatable bonds is 7. The Morgan fingerprint density at radius 1 is 1.12 bits per heavy atom. The van der Waals surface area contributed by atoms with E-state index in [0.717, 1.165) is 24.2 Å². The van der Waals surface area contributed by atoms with Gasteiger partial charge in [0.2, 0.25) is 5.91 Å². The molecule has 2 aromatic heterocycles. The van der Waals surface area contributed by atoms with Crippen molar-refractivity contribution in [3.8, 4) is 11.5 Å². The van der Waals surface area contributed by atoms with Crippen LogP contribution in [0.5, 0.6) is 11.5 Å². The largest absolute Gasteiger partial charge is 0.457 e. The van der Waals surface area contributed by atoms with Crippen LogP contribution >= 0.6 is 22.9 Å². The van der Waals surface area contributed by atoms with E-state index in [1.165, 1.54) is 11.3 Å². The number of ether oxygens (including phenoxy) is 1. The number of pyridine rings is 1. The maximum Gasteiger partial charge on any atom is 0.331 e. The van der Waals surface area contributed by atoms with Crippen molar-refractivity contribution in [2.24, 2.45) is 5.92 Å². The fraction of sp³-hybridized carbons (Fsp3) is 0.312. The molecule has 4 aromatic rings. The smallest absolute Gasteiger partial charge is 0.331 e. The number of hydrogen-bond donors (Lipinski definition) is 2. The van der Waals surface area contributed by atoms with E-state index < -0.39 is 5.38 Å². The summed E-state index contributed by atoms with van der Waals surface area (Å²) in [6, 6.07) is 16.3. The number of carbonyl (C=O) groups excluding carboxylic acids is 3. The summed E-state index contributed by atoms with van der Waals surface area (Å²) in [6.07, 6.45) is 3.16. The normalized spacial score (nSPS) is 17.1. The quantitative estimate of drug-likeness (QED) is 0.216. The van der Waals surface area contributed by atoms with Crippen LogP contribution in [0.2, 0.25) is 0 Å². The molecular formula is C32H32ClN5O4S. The Bertz CT molecular complexity index is 1710. The van der Waals surface area contributed by atoms with Crippen LogP contribution in [0.3, 0.4) is 0 Å². The third-order valence-corrected chi connectivity index (χ3v) is 9.52. The van der Waals surface area contributed by atoms with Crippen molar-refractivity contribution >= 4 is 68.1 Å². The average Bonchev–Trinajstić information content (AvgIpc) is 3.37. The van der Waals surface area contributed by atoms with Gasteiger partial charge in [-0.05, 0) is 67.6 Å². The summed E-state index contributed by atoms with van der Waals surface area (Å²) in [4.78, 5) is 48.9. The molecule has 4 amide bonds. The summed E-state index contributed by atoms with van der Waals surface area (Å²) in [5, 5.41) is 6.16. The van der Waals surface area contributed by atoms with Gasteiger partial charge in [0.15, 0.2) is 0 Å². The van der Waals surface area contributed by atoms with Crippen molar-refractivity contribution in [1.29, 1.82) is 0 Å². The highest BCUT2D eigenvalue weighted by molar-refractivity contribution is 7.21. The number of piperidine rings is 1. The minimum absolute atomic E-state index is 0.0185. The van der Waals surface area contributed by atoms with Gasteiger partial charge in [-0.3, -0.25) is 14.5 Å². The van der Waals surface area contributed by atoms with E-state index in [-0.39, 0.29) is 29.8 Å². The molecule has 0 bridgehead atoms. The number of benzene rings is 2. The summed E-state index contributed by atoms with van der Waals surface area (Å²) >= 11 is 7.58. The molecule has 1 saturated heterocycles. The van der Waals surface area contributed by atoms with Gasteiger partial charge in [-0.15, -0.1) is 22.9 Å². The second kappa shape index (κ2) is 11.9. The summed E-state index contributed by atoms with van der Waals surface area (Å²) in [6.45, 7) is 6.77. The zero-order chi connectivity index (χ0) is 30.2. The molecule has 1 unspecified atom stereocenters. The first kappa shape index (κ1) is 28.9. The van der Waals surface area contributed by atoms with Crippen molar-refractivity contribution in [1.82, 2.24) is 15.2 Å². The van der Waals surface area contributed by atoms with Crippen molar-refractivity contribution in [3.63, 3.8) is 0 Å². The van der Waals surface area contributed by atoms with Crippen LogP contribution < -0.4 is 20.3 Å². The number of anilines is 3. The number of urea groups is 1. The Kier molecular flexibility index (Phi) is 7.98. The van der Waals surface area contributed by atoms with Crippen LogP contribution in [0, 0.1) is 12.8 Å².